The fourth-order valence-electron chi connectivity index (χ4n) is 4.33. The summed E-state index contributed by atoms with van der Waals surface area (Å²) >= 11 is 0. The van der Waals surface area contributed by atoms with E-state index in [0.29, 0.717) is 10.8 Å². The topological polar surface area (TPSA) is 0 Å². The first kappa shape index (κ1) is 30.4. The molecular weight excluding hydrogens is 444 g/mol. The largest absolute Gasteiger partial charge is 0.0873 e. The van der Waals surface area contributed by atoms with Gasteiger partial charge in [0.15, 0.2) is 0 Å². The lowest BCUT2D eigenvalue weighted by Crippen LogP contribution is -2.28. The number of allylic oxidation sites excluding steroid dienone is 4. The summed E-state index contributed by atoms with van der Waals surface area (Å²) in [5.74, 6) is 0. The SMILES string of the molecule is C/C=C\C(=C/C)C1(c2ccccc2)c2ccccc2-c2ccccc21.CCC(C)(C)C.CCC(C)(C)C. The molecule has 0 atom stereocenters. The van der Waals surface area contributed by atoms with Gasteiger partial charge in [-0.3, -0.25) is 0 Å². The van der Waals surface area contributed by atoms with Crippen molar-refractivity contribution < 1.29 is 0 Å². The molecule has 0 heterocycles. The molecule has 3 aromatic rings. The molecule has 0 N–H and O–H groups in total. The van der Waals surface area contributed by atoms with Crippen molar-refractivity contribution in [2.75, 3.05) is 0 Å². The van der Waals surface area contributed by atoms with Crippen molar-refractivity contribution in [2.24, 2.45) is 10.8 Å². The van der Waals surface area contributed by atoms with Gasteiger partial charge in [0, 0.05) is 0 Å². The molecule has 0 heteroatoms. The second-order valence-corrected chi connectivity index (χ2v) is 12.3. The number of fused-ring (bicyclic) bond motifs is 3. The van der Waals surface area contributed by atoms with Crippen LogP contribution in [0.2, 0.25) is 0 Å². The predicted molar refractivity (Wildman–Crippen MR) is 166 cm³/mol. The van der Waals surface area contributed by atoms with Gasteiger partial charge in [-0.05, 0) is 58.1 Å². The first-order valence-corrected chi connectivity index (χ1v) is 14.0. The Balaban J connectivity index is 0.000000336. The highest BCUT2D eigenvalue weighted by Gasteiger charge is 2.45. The van der Waals surface area contributed by atoms with E-state index in [9.17, 15) is 0 Å². The molecule has 3 aromatic carbocycles. The lowest BCUT2D eigenvalue weighted by Gasteiger charge is -2.34. The standard InChI is InChI=1S/C25H22.2C6H14/c1-3-12-19(4-2)25(20-13-6-5-7-14-20)23-17-10-8-15-21(23)22-16-9-11-18-24(22)25;2*1-5-6(2,3)4/h3-18H,1-2H3;2*5H2,1-4H3/b12-3-,19-4+;;. The van der Waals surface area contributed by atoms with Crippen molar-refractivity contribution in [1.29, 1.82) is 0 Å². The minimum absolute atomic E-state index is 0.254. The first-order chi connectivity index (χ1) is 17.5. The van der Waals surface area contributed by atoms with E-state index in [1.165, 1.54) is 46.2 Å². The summed E-state index contributed by atoms with van der Waals surface area (Å²) in [6.07, 6.45) is 9.20. The van der Waals surface area contributed by atoms with Gasteiger partial charge in [-0.15, -0.1) is 0 Å². The highest BCUT2D eigenvalue weighted by atomic mass is 14.5. The Morgan fingerprint density at radius 3 is 1.35 bits per heavy atom. The maximum absolute atomic E-state index is 2.29. The lowest BCUT2D eigenvalue weighted by atomic mass is 9.67. The maximum Gasteiger partial charge on any atom is 0.0710 e. The second kappa shape index (κ2) is 13.1. The second-order valence-electron chi connectivity index (χ2n) is 12.3. The van der Waals surface area contributed by atoms with Crippen LogP contribution < -0.4 is 0 Å². The Kier molecular flexibility index (Phi) is 10.7. The van der Waals surface area contributed by atoms with Crippen LogP contribution in [0.3, 0.4) is 0 Å². The summed E-state index contributed by atoms with van der Waals surface area (Å²) < 4.78 is 0. The first-order valence-electron chi connectivity index (χ1n) is 14.0. The molecule has 0 radical (unpaired) electrons. The number of rotatable bonds is 3. The average Bonchev–Trinajstić information content (AvgIpc) is 3.19. The van der Waals surface area contributed by atoms with Crippen LogP contribution in [-0.4, -0.2) is 0 Å². The summed E-state index contributed by atoms with van der Waals surface area (Å²) in [6.45, 7) is 22.1. The van der Waals surface area contributed by atoms with Crippen LogP contribution in [0, 0.1) is 10.8 Å². The van der Waals surface area contributed by atoms with E-state index in [2.05, 4.69) is 166 Å². The van der Waals surface area contributed by atoms with Gasteiger partial charge in [0.25, 0.3) is 0 Å². The van der Waals surface area contributed by atoms with Crippen LogP contribution in [0.5, 0.6) is 0 Å². The zero-order valence-corrected chi connectivity index (χ0v) is 25.2. The molecule has 0 spiro atoms. The smallest absolute Gasteiger partial charge is 0.0710 e. The Morgan fingerprint density at radius 1 is 0.622 bits per heavy atom. The third-order valence-corrected chi connectivity index (χ3v) is 7.37. The minimum Gasteiger partial charge on any atom is -0.0873 e. The molecule has 1 aliphatic carbocycles. The summed E-state index contributed by atoms with van der Waals surface area (Å²) in [7, 11) is 0. The zero-order chi connectivity index (χ0) is 27.7. The predicted octanol–water partition coefficient (Wildman–Crippen LogP) is 11.4. The van der Waals surface area contributed by atoms with E-state index in [4.69, 9.17) is 0 Å². The Bertz CT molecular complexity index is 1100. The fraction of sp³-hybridized carbons (Fsp3) is 0.405. The quantitative estimate of drug-likeness (QED) is 0.318. The molecule has 0 unspecified atom stereocenters. The third-order valence-electron chi connectivity index (χ3n) is 7.37. The van der Waals surface area contributed by atoms with Gasteiger partial charge in [0.1, 0.15) is 0 Å². The highest BCUT2D eigenvalue weighted by Crippen LogP contribution is 2.56. The van der Waals surface area contributed by atoms with E-state index in [1.54, 1.807) is 0 Å². The van der Waals surface area contributed by atoms with E-state index in [0.717, 1.165) is 0 Å². The van der Waals surface area contributed by atoms with Crippen LogP contribution in [0.25, 0.3) is 11.1 Å². The molecule has 0 amide bonds. The van der Waals surface area contributed by atoms with Gasteiger partial charge in [0.2, 0.25) is 0 Å². The van der Waals surface area contributed by atoms with Crippen molar-refractivity contribution in [3.8, 4) is 11.1 Å². The van der Waals surface area contributed by atoms with Gasteiger partial charge in [-0.25, -0.2) is 0 Å². The maximum atomic E-state index is 2.29. The highest BCUT2D eigenvalue weighted by molar-refractivity contribution is 5.86. The number of benzene rings is 3. The molecule has 37 heavy (non-hydrogen) atoms. The van der Waals surface area contributed by atoms with E-state index in [1.807, 2.05) is 0 Å². The zero-order valence-electron chi connectivity index (χ0n) is 25.2. The van der Waals surface area contributed by atoms with Crippen LogP contribution in [0.4, 0.5) is 0 Å². The van der Waals surface area contributed by atoms with E-state index >= 15 is 0 Å². The Labute approximate surface area is 228 Å². The lowest BCUT2D eigenvalue weighted by molar-refractivity contribution is 0.397. The number of hydrogen-bond donors (Lipinski definition) is 0. The van der Waals surface area contributed by atoms with Crippen molar-refractivity contribution >= 4 is 0 Å². The van der Waals surface area contributed by atoms with E-state index in [-0.39, 0.29) is 5.41 Å². The van der Waals surface area contributed by atoms with Crippen LogP contribution in [0.15, 0.2) is 103 Å². The summed E-state index contributed by atoms with van der Waals surface area (Å²) in [4.78, 5) is 0. The molecule has 0 aliphatic heterocycles. The molecule has 0 saturated carbocycles. The minimum atomic E-state index is -0.254. The summed E-state index contributed by atoms with van der Waals surface area (Å²) in [6, 6.07) is 28.6. The molecule has 4 rings (SSSR count). The normalized spacial score (nSPS) is 14.2. The van der Waals surface area contributed by atoms with Gasteiger partial charge in [-0.1, -0.05) is 165 Å². The fourth-order valence-corrected chi connectivity index (χ4v) is 4.33. The molecule has 198 valence electrons. The van der Waals surface area contributed by atoms with Gasteiger partial charge in [0.05, 0.1) is 5.41 Å². The van der Waals surface area contributed by atoms with E-state index < -0.39 is 0 Å². The molecule has 0 fully saturated rings. The van der Waals surface area contributed by atoms with Crippen LogP contribution >= 0.6 is 0 Å². The molecular formula is C37H50. The molecule has 0 saturated heterocycles. The molecule has 1 aliphatic rings. The van der Waals surface area contributed by atoms with Crippen molar-refractivity contribution in [3.05, 3.63) is 119 Å². The Hall–Kier alpha value is -2.86. The van der Waals surface area contributed by atoms with Gasteiger partial charge in [-0.2, -0.15) is 0 Å². The summed E-state index contributed by atoms with van der Waals surface area (Å²) in [5, 5.41) is 0. The van der Waals surface area contributed by atoms with Crippen molar-refractivity contribution in [3.63, 3.8) is 0 Å². The van der Waals surface area contributed by atoms with Crippen molar-refractivity contribution in [1.82, 2.24) is 0 Å². The average molecular weight is 495 g/mol. The molecule has 0 nitrogen and oxygen atoms in total. The Morgan fingerprint density at radius 2 is 1.00 bits per heavy atom. The molecule has 0 bridgehead atoms. The third kappa shape index (κ3) is 7.35. The van der Waals surface area contributed by atoms with Gasteiger partial charge < -0.3 is 0 Å². The summed E-state index contributed by atoms with van der Waals surface area (Å²) in [5.41, 5.74) is 8.88. The van der Waals surface area contributed by atoms with Crippen LogP contribution in [-0.2, 0) is 5.41 Å². The van der Waals surface area contributed by atoms with Crippen LogP contribution in [0.1, 0.15) is 98.8 Å². The van der Waals surface area contributed by atoms with Crippen molar-refractivity contribution in [2.45, 2.75) is 87.5 Å². The van der Waals surface area contributed by atoms with Gasteiger partial charge >= 0.3 is 0 Å². The number of hydrogen-bond acceptors (Lipinski definition) is 0. The molecule has 0 aromatic heterocycles. The monoisotopic (exact) mass is 494 g/mol.